The highest BCUT2D eigenvalue weighted by Crippen LogP contribution is 2.33. The van der Waals surface area contributed by atoms with Crippen molar-refractivity contribution in [1.29, 1.82) is 0 Å². The van der Waals surface area contributed by atoms with E-state index >= 15 is 8.78 Å². The number of rotatable bonds is 63. The molecule has 3 aliphatic heterocycles. The minimum absolute atomic E-state index is 0.00152. The van der Waals surface area contributed by atoms with Gasteiger partial charge in [-0.2, -0.15) is 5.10 Å². The van der Waals surface area contributed by atoms with Crippen LogP contribution in [0.15, 0.2) is 85.3 Å². The van der Waals surface area contributed by atoms with E-state index in [9.17, 15) is 103 Å². The predicted octanol–water partition coefficient (Wildman–Crippen LogP) is -2.02. The SMILES string of the molecule is CC(=O)N[C@H]1[C@H](OCCCCNC(=O)CCOCC(COCCC(=O)NCCCCO[C@@H]2O[C@H](CO)[C@H](O)[C@H](O)[C@H]2NC(C)=O)(COCCC(=O)NCCCCO[C@@H]2O[C@H](CO)[C@H](O)[C@H](O)[C@H]2NC(C)=O)NC(=O)CCCC(=O)N[C@H](C(=O)N[C@@H](CCCNC(N)=O)C(=O)Nc2ccc(COC(=O)N(CCc3c(F)cccc3F)Cc3nc(-c4ccc5ncnn5c4)c(-c4cccc(C)n4)[nH]3)cc2)C(C)C)O[C@H](CO)[C@H](O)[C@@H]1O. The summed E-state index contributed by atoms with van der Waals surface area (Å²) in [6.07, 6.45) is -14.2. The predicted molar refractivity (Wildman–Crippen MR) is 522 cm³/mol. The second kappa shape index (κ2) is 61.8. The number of fused-ring (bicyclic) bond motifs is 1. The van der Waals surface area contributed by atoms with E-state index in [0.29, 0.717) is 78.1 Å². The first-order valence-corrected chi connectivity index (χ1v) is 49.5. The number of unbranched alkanes of at least 4 members (excludes halogenated alkanes) is 3. The summed E-state index contributed by atoms with van der Waals surface area (Å²) in [5.41, 5.74) is 7.45. The summed E-state index contributed by atoms with van der Waals surface area (Å²) in [6, 6.07) is 11.6. The summed E-state index contributed by atoms with van der Waals surface area (Å²) < 4.78 is 90.3. The van der Waals surface area contributed by atoms with Crippen LogP contribution in [0.2, 0.25) is 0 Å². The molecule has 52 heteroatoms. The van der Waals surface area contributed by atoms with Gasteiger partial charge in [-0.1, -0.05) is 38.1 Å². The summed E-state index contributed by atoms with van der Waals surface area (Å²) >= 11 is 0. The maximum atomic E-state index is 15.1. The number of H-pyrrole nitrogens is 1. The number of aromatic amines is 1. The van der Waals surface area contributed by atoms with Crippen molar-refractivity contribution < 1.29 is 160 Å². The van der Waals surface area contributed by atoms with Crippen LogP contribution in [0.1, 0.15) is 147 Å². The lowest BCUT2D eigenvalue weighted by atomic mass is 9.97. The molecule has 0 radical (unpaired) electrons. The van der Waals surface area contributed by atoms with E-state index in [2.05, 4.69) is 73.6 Å². The van der Waals surface area contributed by atoms with Crippen LogP contribution in [0.25, 0.3) is 28.3 Å². The Kier molecular flexibility index (Phi) is 49.9. The summed E-state index contributed by atoms with van der Waals surface area (Å²) in [6.45, 7) is 4.12. The zero-order valence-electron chi connectivity index (χ0n) is 84.0. The largest absolute Gasteiger partial charge is 0.445 e. The summed E-state index contributed by atoms with van der Waals surface area (Å²) in [7, 11) is 0. The zero-order chi connectivity index (χ0) is 108. The Morgan fingerprint density at radius 1 is 0.544 bits per heavy atom. The molecule has 9 rings (SSSR count). The number of halogens is 2. The number of nitrogens with one attached hydrogen (secondary N) is 12. The number of carbonyl (C=O) groups is 12. The molecule has 3 fully saturated rings. The molecule has 2 aromatic carbocycles. The van der Waals surface area contributed by atoms with Gasteiger partial charge < -0.3 is 167 Å². The lowest BCUT2D eigenvalue weighted by Gasteiger charge is -2.42. The molecule has 6 aromatic rings. The number of nitrogens with zero attached hydrogens (tertiary/aromatic N) is 6. The molecule has 149 heavy (non-hydrogen) atoms. The van der Waals surface area contributed by atoms with Crippen molar-refractivity contribution in [3.8, 4) is 22.6 Å². The third-order valence-corrected chi connectivity index (χ3v) is 24.2. The number of urea groups is 1. The lowest BCUT2D eigenvalue weighted by Crippen LogP contribution is -2.64. The van der Waals surface area contributed by atoms with Gasteiger partial charge in [0.2, 0.25) is 59.1 Å². The molecule has 824 valence electrons. The minimum atomic E-state index is -1.70. The quantitative estimate of drug-likeness (QED) is 0.0183. The molecular formula is C97H141F2N19O31. The van der Waals surface area contributed by atoms with Gasteiger partial charge >= 0.3 is 12.1 Å². The van der Waals surface area contributed by atoms with Gasteiger partial charge in [-0.05, 0) is 131 Å². The van der Waals surface area contributed by atoms with Crippen LogP contribution in [0.5, 0.6) is 0 Å². The highest BCUT2D eigenvalue weighted by atomic mass is 19.1. The molecule has 0 bridgehead atoms. The number of carbonyl (C=O) groups excluding carboxylic acids is 12. The Hall–Kier alpha value is -12.2. The van der Waals surface area contributed by atoms with Crippen molar-refractivity contribution in [3.05, 3.63) is 120 Å². The van der Waals surface area contributed by atoms with Crippen molar-refractivity contribution in [3.63, 3.8) is 0 Å². The molecule has 23 N–H and O–H groups in total. The van der Waals surface area contributed by atoms with Crippen molar-refractivity contribution in [2.45, 2.75) is 261 Å². The third-order valence-electron chi connectivity index (χ3n) is 24.2. The molecule has 0 unspecified atom stereocenters. The number of amides is 13. The Bertz CT molecular complexity index is 5070. The van der Waals surface area contributed by atoms with Gasteiger partial charge in [-0.15, -0.1) is 0 Å². The summed E-state index contributed by atoms with van der Waals surface area (Å²) in [5.74, 6) is -7.97. The molecule has 0 aliphatic carbocycles. The fraction of sp³-hybridized carbons (Fsp3) is 0.608. The van der Waals surface area contributed by atoms with Gasteiger partial charge in [0.15, 0.2) is 24.5 Å². The van der Waals surface area contributed by atoms with Gasteiger partial charge in [0.25, 0.3) is 0 Å². The Balaban J connectivity index is 0.837. The number of primary amides is 1. The number of imidazole rings is 1. The van der Waals surface area contributed by atoms with Crippen LogP contribution in [-0.4, -0.2) is 373 Å². The number of hydrogen-bond donors (Lipinski definition) is 22. The van der Waals surface area contributed by atoms with E-state index in [1.54, 1.807) is 54.9 Å². The fourth-order valence-electron chi connectivity index (χ4n) is 16.3. The topological polar surface area (TPSA) is 713 Å². The Morgan fingerprint density at radius 2 is 1.03 bits per heavy atom. The van der Waals surface area contributed by atoms with Crippen LogP contribution in [0.4, 0.5) is 24.1 Å². The number of aliphatic hydroxyl groups is 9. The Morgan fingerprint density at radius 3 is 1.50 bits per heavy atom. The third kappa shape index (κ3) is 39.0. The highest BCUT2D eigenvalue weighted by Gasteiger charge is 2.49. The lowest BCUT2D eigenvalue weighted by molar-refractivity contribution is -0.270. The normalized spacial score (nSPS) is 21.1. The standard InChI is InChI=1S/C97H141F2N19O31/c1-55(2)78(91(137)112-67(21-16-37-104-95(100)138)90(136)111-62-27-24-60(25-28-62)50-146-96(139)117(38-30-63-64(98)18-14-19-65(63)99)46-71-113-79(61-26-29-72-105-54-106-118(72)45-61)80(114-71)66-20-13-17-56(3)107-66)115-76(128)22-15-23-77(129)116-97(51-140-42-31-73(125)101-34-7-10-39-143-92-81(108-57(4)122)87(133)84(130)68(47-119)147-92,52-141-43-32-74(126)102-35-8-11-40-144-93-82(109-58(5)123)88(134)85(131)69(48-120)148-93)53-142-44-33-75(127)103-36-9-12-41-145-94-83(110-59(6)124)89(135)86(132)70(49-121)149-94/h13-14,17-20,24-29,45,54-55,67-70,78,81-89,92-94,119-121,130-135H,7-12,15-16,21-23,30-44,46-53H2,1-6H3,(H,101,125)(H,102,126)(H,103,127)(H,108,122)(H,109,123)(H,110,124)(H,111,136)(H,112,137)(H,113,114)(H,115,128)(H,116,129)(H3,100,104,138)/t67-,68+,69+,70+,78-,81+,82+,83+,84-,85-,86-,87+,88+,89+,92+,93+,94+/m0/s1. The number of nitrogens with two attached hydrogens (primary N) is 1. The number of benzene rings is 2. The van der Waals surface area contributed by atoms with Crippen molar-refractivity contribution in [1.82, 2.24) is 87.6 Å². The van der Waals surface area contributed by atoms with E-state index in [1.807, 2.05) is 19.1 Å². The number of ether oxygens (including phenoxy) is 10. The van der Waals surface area contributed by atoms with Gasteiger partial charge in [0.05, 0.1) is 83.1 Å². The monoisotopic (exact) mass is 2110 g/mol. The number of anilines is 1. The number of aliphatic hydroxyl groups excluding tert-OH is 9. The maximum absolute atomic E-state index is 15.1. The molecule has 0 saturated carbocycles. The van der Waals surface area contributed by atoms with E-state index in [-0.39, 0.29) is 160 Å². The second-order valence-electron chi connectivity index (χ2n) is 36.6. The van der Waals surface area contributed by atoms with Crippen LogP contribution in [-0.2, 0) is 115 Å². The van der Waals surface area contributed by atoms with Crippen molar-refractivity contribution in [2.75, 3.05) is 117 Å². The van der Waals surface area contributed by atoms with Crippen molar-refractivity contribution >= 4 is 82.5 Å². The molecule has 0 spiro atoms. The number of hydrogen-bond acceptors (Lipinski definition) is 35. The smallest absolute Gasteiger partial charge is 0.410 e. The Labute approximate surface area is 857 Å². The van der Waals surface area contributed by atoms with Gasteiger partial charge in [0, 0.05) is 134 Å². The molecule has 3 aliphatic rings. The summed E-state index contributed by atoms with van der Waals surface area (Å²) in [4.78, 5) is 178. The van der Waals surface area contributed by atoms with Gasteiger partial charge in [-0.25, -0.2) is 32.9 Å². The maximum Gasteiger partial charge on any atom is 0.410 e. The number of aromatic nitrogens is 6. The number of pyridine rings is 2. The van der Waals surface area contributed by atoms with E-state index < -0.39 is 238 Å². The first-order chi connectivity index (χ1) is 71.4. The molecule has 50 nitrogen and oxygen atoms in total. The average molecular weight is 2110 g/mol. The van der Waals surface area contributed by atoms with Crippen molar-refractivity contribution in [2.24, 2.45) is 11.7 Å². The molecule has 17 atom stereocenters. The van der Waals surface area contributed by atoms with Gasteiger partial charge in [0.1, 0.15) is 121 Å². The molecular weight excluding hydrogens is 1970 g/mol. The molecule has 7 heterocycles. The first-order valence-electron chi connectivity index (χ1n) is 49.5. The molecule has 3 saturated heterocycles. The fourth-order valence-corrected chi connectivity index (χ4v) is 16.3. The number of aryl methyl sites for hydroxylation is 1. The van der Waals surface area contributed by atoms with Crippen LogP contribution in [0, 0.1) is 24.5 Å². The second-order valence-corrected chi connectivity index (χ2v) is 36.6. The average Bonchev–Trinajstić information content (AvgIpc) is 1.65. The summed E-state index contributed by atoms with van der Waals surface area (Å²) in [5, 5.41) is 126. The zero-order valence-corrected chi connectivity index (χ0v) is 84.0. The van der Waals surface area contributed by atoms with E-state index in [4.69, 9.17) is 63.1 Å². The van der Waals surface area contributed by atoms with Crippen LogP contribution in [0.3, 0.4) is 0 Å². The highest BCUT2D eigenvalue weighted by molar-refractivity contribution is 5.98. The molecule has 4 aromatic heterocycles. The first kappa shape index (κ1) is 120. The van der Waals surface area contributed by atoms with Crippen LogP contribution >= 0.6 is 0 Å². The van der Waals surface area contributed by atoms with Gasteiger partial charge in [-0.3, -0.25) is 52.9 Å². The van der Waals surface area contributed by atoms with E-state index in [0.717, 1.165) is 12.1 Å². The van der Waals surface area contributed by atoms with Crippen LogP contribution < -0.4 is 64.2 Å². The minimum Gasteiger partial charge on any atom is -0.445 e. The molecule has 13 amide bonds. The van der Waals surface area contributed by atoms with E-state index in [1.165, 1.54) is 50.2 Å².